The number of hydrogen-bond acceptors (Lipinski definition) is 5. The van der Waals surface area contributed by atoms with E-state index in [9.17, 15) is 21.6 Å². The Morgan fingerprint density at radius 1 is 1.07 bits per heavy atom. The predicted molar refractivity (Wildman–Crippen MR) is 113 cm³/mol. The summed E-state index contributed by atoms with van der Waals surface area (Å²) in [4.78, 5) is 3.91. The Kier molecular flexibility index (Phi) is 5.56. The zero-order chi connectivity index (χ0) is 21.5. The summed E-state index contributed by atoms with van der Waals surface area (Å²) in [6.45, 7) is 0.0750. The van der Waals surface area contributed by atoms with Crippen molar-refractivity contribution in [2.24, 2.45) is 4.99 Å². The lowest BCUT2D eigenvalue weighted by Gasteiger charge is -2.13. The second-order valence-corrected chi connectivity index (χ2v) is 9.61. The van der Waals surface area contributed by atoms with Crippen LogP contribution in [0.2, 0.25) is 0 Å². The molecule has 0 aromatic heterocycles. The maximum Gasteiger partial charge on any atom is 0.416 e. The van der Waals surface area contributed by atoms with Crippen LogP contribution >= 0.6 is 28.0 Å². The molecule has 11 heteroatoms. The Bertz CT molecular complexity index is 1280. The molecule has 0 radical (unpaired) electrons. The van der Waals surface area contributed by atoms with Crippen LogP contribution in [0, 0.1) is 0 Å². The van der Waals surface area contributed by atoms with Crippen molar-refractivity contribution in [3.05, 3.63) is 64.6 Å². The van der Waals surface area contributed by atoms with Gasteiger partial charge in [-0.15, -0.1) is 0 Å². The number of rotatable bonds is 3. The average molecular weight is 517 g/mol. The van der Waals surface area contributed by atoms with Gasteiger partial charge in [0.1, 0.15) is 0 Å². The molecule has 1 aliphatic heterocycles. The van der Waals surface area contributed by atoms with Crippen molar-refractivity contribution in [2.45, 2.75) is 11.1 Å². The van der Waals surface area contributed by atoms with Gasteiger partial charge in [-0.1, -0.05) is 46.3 Å². The summed E-state index contributed by atoms with van der Waals surface area (Å²) in [5.74, 6) is 0. The molecule has 3 aromatic rings. The average Bonchev–Trinajstić information content (AvgIpc) is 3.18. The van der Waals surface area contributed by atoms with Gasteiger partial charge < -0.3 is 0 Å². The third-order valence-electron chi connectivity index (χ3n) is 4.37. The van der Waals surface area contributed by atoms with E-state index in [0.29, 0.717) is 26.4 Å². The van der Waals surface area contributed by atoms with E-state index in [2.05, 4.69) is 25.6 Å². The Morgan fingerprint density at radius 3 is 2.53 bits per heavy atom. The van der Waals surface area contributed by atoms with E-state index >= 15 is 0 Å². The Labute approximate surface area is 182 Å². The van der Waals surface area contributed by atoms with E-state index in [-0.39, 0.29) is 16.8 Å². The molecular weight excluding hydrogens is 505 g/mol. The van der Waals surface area contributed by atoms with E-state index in [4.69, 9.17) is 4.18 Å². The van der Waals surface area contributed by atoms with Crippen LogP contribution in [0.3, 0.4) is 0 Å². The van der Waals surface area contributed by atoms with Gasteiger partial charge in [0, 0.05) is 4.47 Å². The van der Waals surface area contributed by atoms with E-state index < -0.39 is 21.8 Å². The highest BCUT2D eigenvalue weighted by Crippen LogP contribution is 2.38. The minimum absolute atomic E-state index is 0.0360. The van der Waals surface area contributed by atoms with Gasteiger partial charge in [0.25, 0.3) is 10.0 Å². The molecule has 30 heavy (non-hydrogen) atoms. The first-order valence-electron chi connectivity index (χ1n) is 8.42. The third-order valence-corrected chi connectivity index (χ3v) is 7.10. The van der Waals surface area contributed by atoms with E-state index in [1.54, 1.807) is 24.3 Å². The van der Waals surface area contributed by atoms with E-state index in [1.165, 1.54) is 18.2 Å². The van der Waals surface area contributed by atoms with Crippen LogP contribution < -0.4 is 4.72 Å². The molecule has 5 nitrogen and oxygen atoms in total. The lowest BCUT2D eigenvalue weighted by molar-refractivity contribution is -0.137. The summed E-state index contributed by atoms with van der Waals surface area (Å²) in [5, 5.41) is 1.48. The molecule has 0 amide bonds. The maximum absolute atomic E-state index is 13.0. The number of benzene rings is 3. The van der Waals surface area contributed by atoms with Crippen LogP contribution in [-0.4, -0.2) is 20.3 Å². The fourth-order valence-corrected chi connectivity index (χ4v) is 5.31. The van der Waals surface area contributed by atoms with Gasteiger partial charge in [0.05, 0.1) is 22.5 Å². The van der Waals surface area contributed by atoms with E-state index in [0.717, 1.165) is 24.2 Å². The molecule has 0 unspecified atom stereocenters. The zero-order valence-corrected chi connectivity index (χ0v) is 18.1. The van der Waals surface area contributed by atoms with Crippen molar-refractivity contribution in [3.63, 3.8) is 0 Å². The lowest BCUT2D eigenvalue weighted by Crippen LogP contribution is -2.27. The van der Waals surface area contributed by atoms with Crippen molar-refractivity contribution >= 4 is 53.9 Å². The van der Waals surface area contributed by atoms with Crippen molar-refractivity contribution in [1.29, 1.82) is 0 Å². The third kappa shape index (κ3) is 4.20. The number of nitrogens with zero attached hydrogens (tertiary/aromatic N) is 1. The topological polar surface area (TPSA) is 67.8 Å². The van der Waals surface area contributed by atoms with Crippen molar-refractivity contribution in [2.75, 3.05) is 6.73 Å². The number of amidine groups is 1. The molecule has 0 saturated carbocycles. The lowest BCUT2D eigenvalue weighted by atomic mass is 9.97. The number of alkyl halides is 3. The molecule has 1 aliphatic rings. The van der Waals surface area contributed by atoms with Gasteiger partial charge in [-0.3, -0.25) is 8.91 Å². The van der Waals surface area contributed by atoms with Gasteiger partial charge in [-0.2, -0.15) is 13.2 Å². The summed E-state index contributed by atoms with van der Waals surface area (Å²) in [6.07, 6.45) is -4.44. The smallest absolute Gasteiger partial charge is 0.284 e. The second-order valence-electron chi connectivity index (χ2n) is 6.28. The first kappa shape index (κ1) is 21.2. The van der Waals surface area contributed by atoms with E-state index in [1.807, 2.05) is 0 Å². The van der Waals surface area contributed by atoms with Crippen LogP contribution in [0.4, 0.5) is 13.2 Å². The first-order chi connectivity index (χ1) is 14.1. The van der Waals surface area contributed by atoms with Crippen molar-refractivity contribution < 1.29 is 25.8 Å². The number of hydrogen-bond donors (Lipinski definition) is 1. The minimum atomic E-state index is -4.44. The molecule has 0 aliphatic carbocycles. The normalized spacial score (nSPS) is 14.7. The molecule has 1 N–H and O–H groups in total. The Morgan fingerprint density at radius 2 is 1.87 bits per heavy atom. The van der Waals surface area contributed by atoms with Crippen LogP contribution in [-0.2, 0) is 20.4 Å². The monoisotopic (exact) mass is 516 g/mol. The molecule has 0 atom stereocenters. The number of fused-ring (bicyclic) bond motifs is 1. The molecule has 0 spiro atoms. The van der Waals surface area contributed by atoms with Crippen LogP contribution in [0.5, 0.6) is 0 Å². The fourth-order valence-electron chi connectivity index (χ4n) is 2.99. The Hall–Kier alpha value is -2.08. The highest BCUT2D eigenvalue weighted by Gasteiger charge is 2.31. The number of sulfonamides is 1. The summed E-state index contributed by atoms with van der Waals surface area (Å²) < 4.78 is 71.6. The van der Waals surface area contributed by atoms with Gasteiger partial charge in [0.15, 0.2) is 6.73 Å². The summed E-state index contributed by atoms with van der Waals surface area (Å²) in [7, 11) is -3.86. The van der Waals surface area contributed by atoms with Gasteiger partial charge >= 0.3 is 6.18 Å². The molecule has 4 rings (SSSR count). The largest absolute Gasteiger partial charge is 0.416 e. The highest BCUT2D eigenvalue weighted by atomic mass is 79.9. The Balaban J connectivity index is 1.75. The summed E-state index contributed by atoms with van der Waals surface area (Å²) in [5.41, 5.74) is 0.486. The van der Waals surface area contributed by atoms with Gasteiger partial charge in [0.2, 0.25) is 5.17 Å². The quantitative estimate of drug-likeness (QED) is 0.463. The first-order valence-corrected chi connectivity index (χ1v) is 11.4. The molecule has 3 aromatic carbocycles. The number of aliphatic imine (C=N–C) groups is 1. The number of nitrogens with one attached hydrogen (secondary N) is 1. The second kappa shape index (κ2) is 7.88. The van der Waals surface area contributed by atoms with Gasteiger partial charge in [-0.05, 0) is 46.2 Å². The number of halogens is 4. The summed E-state index contributed by atoms with van der Waals surface area (Å²) >= 11 is 4.07. The minimum Gasteiger partial charge on any atom is -0.284 e. The highest BCUT2D eigenvalue weighted by molar-refractivity contribution is 9.10. The standard InChI is InChI=1S/C19H12BrF3N2O3S2/c20-17-9-12(19(21,22)23)4-6-16(17)15-3-1-2-11-8-13(5-7-14(11)15)30(26,27)25-18-24-10-28-29-18/h1-9H,10H2,(H,24,25). The maximum atomic E-state index is 13.0. The molecular formula is C19H12BrF3N2O3S2. The predicted octanol–water partition coefficient (Wildman–Crippen LogP) is 5.56. The van der Waals surface area contributed by atoms with Crippen molar-refractivity contribution in [1.82, 2.24) is 4.72 Å². The molecule has 0 fully saturated rings. The molecule has 156 valence electrons. The fraction of sp³-hybridized carbons (Fsp3) is 0.105. The molecule has 0 bridgehead atoms. The zero-order valence-electron chi connectivity index (χ0n) is 14.9. The van der Waals surface area contributed by atoms with Crippen LogP contribution in [0.25, 0.3) is 21.9 Å². The molecule has 0 saturated heterocycles. The SMILES string of the molecule is O=S(=O)(NC1=NCOS1)c1ccc2c(-c3ccc(C(F)(F)F)cc3Br)cccc2c1. The van der Waals surface area contributed by atoms with Gasteiger partial charge in [-0.25, -0.2) is 13.4 Å². The molecule has 1 heterocycles. The van der Waals surface area contributed by atoms with Crippen molar-refractivity contribution in [3.8, 4) is 11.1 Å². The van der Waals surface area contributed by atoms with Crippen LogP contribution in [0.15, 0.2) is 69.0 Å². The summed E-state index contributed by atoms with van der Waals surface area (Å²) in [6, 6.07) is 13.2. The van der Waals surface area contributed by atoms with Crippen LogP contribution in [0.1, 0.15) is 5.56 Å².